The third-order valence-corrected chi connectivity index (χ3v) is 4.60. The number of primary amides is 1. The first-order chi connectivity index (χ1) is 11.0. The number of hydrogen-bond donors (Lipinski definition) is 2. The van der Waals surface area contributed by atoms with Crippen LogP contribution in [-0.4, -0.2) is 26.2 Å². The van der Waals surface area contributed by atoms with E-state index in [-0.39, 0.29) is 5.57 Å². The zero-order valence-corrected chi connectivity index (χ0v) is 14.9. The highest BCUT2D eigenvalue weighted by Crippen LogP contribution is 2.31. The van der Waals surface area contributed by atoms with Crippen molar-refractivity contribution in [2.45, 2.75) is 12.2 Å². The summed E-state index contributed by atoms with van der Waals surface area (Å²) in [4.78, 5) is 11.4. The van der Waals surface area contributed by atoms with Gasteiger partial charge in [0.1, 0.15) is 11.6 Å². The summed E-state index contributed by atoms with van der Waals surface area (Å²) in [5.74, 6) is -0.372. The van der Waals surface area contributed by atoms with Crippen molar-refractivity contribution in [3.63, 3.8) is 0 Å². The molecule has 3 N–H and O–H groups in total. The summed E-state index contributed by atoms with van der Waals surface area (Å²) in [7, 11) is 1.61. The lowest BCUT2D eigenvalue weighted by molar-refractivity contribution is -0.114. The zero-order chi connectivity index (χ0) is 17.2. The lowest BCUT2D eigenvalue weighted by Gasteiger charge is -2.13. The molecular formula is C15H17Cl2N3O2S. The molecular weight excluding hydrogens is 357 g/mol. The molecule has 0 fully saturated rings. The predicted octanol–water partition coefficient (Wildman–Crippen LogP) is 3.07. The summed E-state index contributed by atoms with van der Waals surface area (Å²) in [6.45, 7) is 1.12. The Morgan fingerprint density at radius 2 is 2.09 bits per heavy atom. The molecule has 0 aliphatic carbocycles. The number of halogens is 2. The van der Waals surface area contributed by atoms with E-state index in [4.69, 9.17) is 38.9 Å². The van der Waals surface area contributed by atoms with E-state index in [1.807, 2.05) is 6.07 Å². The van der Waals surface area contributed by atoms with Crippen LogP contribution in [0.1, 0.15) is 12.0 Å². The summed E-state index contributed by atoms with van der Waals surface area (Å²) >= 11 is 13.5. The van der Waals surface area contributed by atoms with Crippen LogP contribution in [0.4, 0.5) is 0 Å². The first-order valence-electron chi connectivity index (χ1n) is 6.74. The van der Waals surface area contributed by atoms with Crippen LogP contribution in [0.3, 0.4) is 0 Å². The minimum atomic E-state index is -0.778. The summed E-state index contributed by atoms with van der Waals surface area (Å²) in [5.41, 5.74) is 5.88. The average molecular weight is 374 g/mol. The molecule has 5 nitrogen and oxygen atoms in total. The molecule has 0 atom stereocenters. The predicted molar refractivity (Wildman–Crippen MR) is 94.1 cm³/mol. The maximum atomic E-state index is 11.4. The number of carbonyl (C=O) groups is 1. The van der Waals surface area contributed by atoms with Gasteiger partial charge in [-0.25, -0.2) is 0 Å². The maximum Gasteiger partial charge on any atom is 0.262 e. The second kappa shape index (κ2) is 10.4. The molecule has 23 heavy (non-hydrogen) atoms. The fourth-order valence-electron chi connectivity index (χ4n) is 1.66. The number of benzene rings is 1. The van der Waals surface area contributed by atoms with Crippen LogP contribution < -0.4 is 11.1 Å². The normalized spacial score (nSPS) is 11.6. The molecule has 0 aromatic heterocycles. The van der Waals surface area contributed by atoms with E-state index in [1.165, 1.54) is 11.8 Å². The van der Waals surface area contributed by atoms with Crippen LogP contribution in [0, 0.1) is 11.3 Å². The van der Waals surface area contributed by atoms with Gasteiger partial charge in [0.2, 0.25) is 0 Å². The molecule has 0 bridgehead atoms. The van der Waals surface area contributed by atoms with Gasteiger partial charge in [-0.2, -0.15) is 5.26 Å². The standard InChI is InChI=1S/C15H17Cl2N3O2S/c1-22-7-3-6-20-15(10(8-18)14(19)21)23-9-11-12(16)4-2-5-13(11)17/h2,4-5,20H,3,6-7,9H2,1H3,(H2,19,21)/b15-10-. The van der Waals surface area contributed by atoms with Crippen molar-refractivity contribution in [3.8, 4) is 6.07 Å². The number of rotatable bonds is 9. The molecule has 0 heterocycles. The number of nitrogens with two attached hydrogens (primary N) is 1. The van der Waals surface area contributed by atoms with Crippen LogP contribution in [0.25, 0.3) is 0 Å². The highest BCUT2D eigenvalue weighted by Gasteiger charge is 2.15. The number of nitrogens with zero attached hydrogens (tertiary/aromatic N) is 1. The molecule has 0 aliphatic rings. The van der Waals surface area contributed by atoms with Gasteiger partial charge in [0.05, 0.1) is 5.03 Å². The van der Waals surface area contributed by atoms with Crippen molar-refractivity contribution < 1.29 is 9.53 Å². The summed E-state index contributed by atoms with van der Waals surface area (Å²) in [6.07, 6.45) is 0.727. The highest BCUT2D eigenvalue weighted by molar-refractivity contribution is 8.02. The van der Waals surface area contributed by atoms with Gasteiger partial charge in [-0.3, -0.25) is 4.79 Å². The van der Waals surface area contributed by atoms with Gasteiger partial charge in [0.15, 0.2) is 0 Å². The van der Waals surface area contributed by atoms with Gasteiger partial charge in [0, 0.05) is 36.1 Å². The number of methoxy groups -OCH3 is 1. The zero-order valence-electron chi connectivity index (χ0n) is 12.6. The lowest BCUT2D eigenvalue weighted by Crippen LogP contribution is -2.22. The average Bonchev–Trinajstić information content (AvgIpc) is 2.50. The summed E-state index contributed by atoms with van der Waals surface area (Å²) < 4.78 is 4.96. The number of ether oxygens (including phenoxy) is 1. The topological polar surface area (TPSA) is 88.1 Å². The Labute approximate surface area is 149 Å². The van der Waals surface area contributed by atoms with Crippen molar-refractivity contribution >= 4 is 40.9 Å². The molecule has 0 saturated heterocycles. The number of amides is 1. The van der Waals surface area contributed by atoms with E-state index in [2.05, 4.69) is 5.32 Å². The maximum absolute atomic E-state index is 11.4. The van der Waals surface area contributed by atoms with E-state index in [0.717, 1.165) is 12.0 Å². The minimum Gasteiger partial charge on any atom is -0.385 e. The van der Waals surface area contributed by atoms with Crippen molar-refractivity contribution in [1.82, 2.24) is 5.32 Å². The van der Waals surface area contributed by atoms with E-state index >= 15 is 0 Å². The van der Waals surface area contributed by atoms with Crippen LogP contribution >= 0.6 is 35.0 Å². The lowest BCUT2D eigenvalue weighted by atomic mass is 10.2. The number of nitriles is 1. The minimum absolute atomic E-state index is 0.115. The van der Waals surface area contributed by atoms with Crippen molar-refractivity contribution in [2.75, 3.05) is 20.3 Å². The monoisotopic (exact) mass is 373 g/mol. The van der Waals surface area contributed by atoms with Gasteiger partial charge < -0.3 is 15.8 Å². The van der Waals surface area contributed by atoms with E-state index in [1.54, 1.807) is 25.3 Å². The highest BCUT2D eigenvalue weighted by atomic mass is 35.5. The molecule has 1 rings (SSSR count). The number of carbonyl (C=O) groups excluding carboxylic acids is 1. The van der Waals surface area contributed by atoms with Crippen LogP contribution in [0.5, 0.6) is 0 Å². The fraction of sp³-hybridized carbons (Fsp3) is 0.333. The van der Waals surface area contributed by atoms with E-state index < -0.39 is 5.91 Å². The molecule has 0 radical (unpaired) electrons. The Morgan fingerprint density at radius 3 is 2.61 bits per heavy atom. The second-order valence-electron chi connectivity index (χ2n) is 4.44. The Balaban J connectivity index is 2.89. The first kappa shape index (κ1) is 19.7. The summed E-state index contributed by atoms with van der Waals surface area (Å²) in [5, 5.41) is 13.7. The van der Waals surface area contributed by atoms with Crippen LogP contribution in [0.2, 0.25) is 10.0 Å². The largest absolute Gasteiger partial charge is 0.385 e. The molecule has 8 heteroatoms. The van der Waals surface area contributed by atoms with E-state index in [0.29, 0.717) is 34.0 Å². The Hall–Kier alpha value is -1.39. The smallest absolute Gasteiger partial charge is 0.262 e. The van der Waals surface area contributed by atoms with Crippen molar-refractivity contribution in [3.05, 3.63) is 44.4 Å². The number of thioether (sulfide) groups is 1. The van der Waals surface area contributed by atoms with Crippen LogP contribution in [-0.2, 0) is 15.3 Å². The van der Waals surface area contributed by atoms with Crippen LogP contribution in [0.15, 0.2) is 28.8 Å². The van der Waals surface area contributed by atoms with E-state index in [9.17, 15) is 4.79 Å². The first-order valence-corrected chi connectivity index (χ1v) is 8.48. The third-order valence-electron chi connectivity index (χ3n) is 2.82. The molecule has 1 aromatic carbocycles. The third kappa shape index (κ3) is 6.32. The number of nitrogens with one attached hydrogen (secondary N) is 1. The molecule has 0 aliphatic heterocycles. The molecule has 0 saturated carbocycles. The Morgan fingerprint density at radius 1 is 1.43 bits per heavy atom. The second-order valence-corrected chi connectivity index (χ2v) is 6.24. The summed E-state index contributed by atoms with van der Waals surface area (Å²) in [6, 6.07) is 7.05. The van der Waals surface area contributed by atoms with Gasteiger partial charge in [-0.05, 0) is 24.1 Å². The molecule has 1 aromatic rings. The van der Waals surface area contributed by atoms with Crippen molar-refractivity contribution in [1.29, 1.82) is 5.26 Å². The Kier molecular flexibility index (Phi) is 8.89. The van der Waals surface area contributed by atoms with Gasteiger partial charge in [0.25, 0.3) is 5.91 Å². The molecule has 124 valence electrons. The number of hydrogen-bond acceptors (Lipinski definition) is 5. The molecule has 0 spiro atoms. The van der Waals surface area contributed by atoms with Gasteiger partial charge in [-0.1, -0.05) is 29.3 Å². The quantitative estimate of drug-likeness (QED) is 0.394. The van der Waals surface area contributed by atoms with Gasteiger partial charge >= 0.3 is 0 Å². The Bertz CT molecular complexity index is 609. The van der Waals surface area contributed by atoms with Gasteiger partial charge in [-0.15, -0.1) is 11.8 Å². The SMILES string of the molecule is COCCCN/C(SCc1c(Cl)cccc1Cl)=C(\C#N)C(N)=O. The van der Waals surface area contributed by atoms with Crippen molar-refractivity contribution in [2.24, 2.45) is 5.73 Å². The fourth-order valence-corrected chi connectivity index (χ4v) is 3.45. The molecule has 1 amide bonds. The molecule has 0 unspecified atom stereocenters.